The smallest absolute Gasteiger partial charge is 0.338 e. The van der Waals surface area contributed by atoms with Crippen LogP contribution < -0.4 is 5.32 Å². The second kappa shape index (κ2) is 8.47. The topological polar surface area (TPSA) is 92.8 Å². The van der Waals surface area contributed by atoms with Gasteiger partial charge in [-0.05, 0) is 42.5 Å². The van der Waals surface area contributed by atoms with Crippen molar-refractivity contribution in [3.8, 4) is 0 Å². The molecule has 0 aliphatic carbocycles. The molecule has 0 aromatic heterocycles. The lowest BCUT2D eigenvalue weighted by atomic mass is 10.2. The third-order valence-corrected chi connectivity index (χ3v) is 5.47. The zero-order valence-electron chi connectivity index (χ0n) is 14.4. The van der Waals surface area contributed by atoms with E-state index in [-0.39, 0.29) is 21.2 Å². The molecule has 1 amide bonds. The van der Waals surface area contributed by atoms with E-state index < -0.39 is 34.3 Å². The molecule has 0 atom stereocenters. The van der Waals surface area contributed by atoms with Crippen molar-refractivity contribution in [2.45, 2.75) is 4.90 Å². The van der Waals surface area contributed by atoms with Gasteiger partial charge in [0.2, 0.25) is 10.0 Å². The molecule has 10 heteroatoms. The lowest BCUT2D eigenvalue weighted by Crippen LogP contribution is -2.22. The van der Waals surface area contributed by atoms with Crippen LogP contribution in [0.15, 0.2) is 47.4 Å². The molecule has 0 aliphatic heterocycles. The summed E-state index contributed by atoms with van der Waals surface area (Å²) in [5.74, 6) is -2.29. The Hall–Kier alpha value is -2.49. The molecule has 144 valence electrons. The summed E-state index contributed by atoms with van der Waals surface area (Å²) < 4.78 is 43.4. The maximum Gasteiger partial charge on any atom is 0.338 e. The fourth-order valence-corrected chi connectivity index (χ4v) is 3.03. The van der Waals surface area contributed by atoms with E-state index in [1.807, 2.05) is 0 Å². The molecule has 0 bridgehead atoms. The summed E-state index contributed by atoms with van der Waals surface area (Å²) in [6.45, 7) is -0.640. The average Bonchev–Trinajstić information content (AvgIpc) is 2.62. The van der Waals surface area contributed by atoms with Crippen LogP contribution in [0.4, 0.5) is 10.1 Å². The second-order valence-corrected chi connectivity index (χ2v) is 8.15. The van der Waals surface area contributed by atoms with Gasteiger partial charge >= 0.3 is 5.97 Å². The molecule has 2 aromatic carbocycles. The first-order valence-corrected chi connectivity index (χ1v) is 9.37. The third kappa shape index (κ3) is 5.25. The number of nitrogens with one attached hydrogen (secondary N) is 1. The van der Waals surface area contributed by atoms with Crippen molar-refractivity contribution in [1.29, 1.82) is 0 Å². The van der Waals surface area contributed by atoms with Gasteiger partial charge in [0.1, 0.15) is 5.82 Å². The minimum Gasteiger partial charge on any atom is -0.452 e. The second-order valence-electron chi connectivity index (χ2n) is 5.56. The first-order chi connectivity index (χ1) is 12.6. The van der Waals surface area contributed by atoms with Crippen molar-refractivity contribution in [3.05, 3.63) is 58.9 Å². The van der Waals surface area contributed by atoms with Crippen LogP contribution in [0.3, 0.4) is 0 Å². The van der Waals surface area contributed by atoms with Gasteiger partial charge in [-0.25, -0.2) is 21.9 Å². The lowest BCUT2D eigenvalue weighted by molar-refractivity contribution is -0.119. The highest BCUT2D eigenvalue weighted by Gasteiger charge is 2.18. The van der Waals surface area contributed by atoms with Crippen molar-refractivity contribution < 1.29 is 27.1 Å². The number of nitrogens with zero attached hydrogens (tertiary/aromatic N) is 1. The quantitative estimate of drug-likeness (QED) is 0.733. The van der Waals surface area contributed by atoms with Crippen LogP contribution in [-0.4, -0.2) is 45.3 Å². The zero-order valence-corrected chi connectivity index (χ0v) is 16.0. The van der Waals surface area contributed by atoms with Crippen molar-refractivity contribution in [3.63, 3.8) is 0 Å². The number of hydrogen-bond acceptors (Lipinski definition) is 5. The molecule has 2 rings (SSSR count). The van der Waals surface area contributed by atoms with Crippen LogP contribution in [0.25, 0.3) is 0 Å². The van der Waals surface area contributed by atoms with E-state index in [0.717, 1.165) is 10.4 Å². The van der Waals surface area contributed by atoms with E-state index in [0.29, 0.717) is 0 Å². The normalized spacial score (nSPS) is 11.3. The molecule has 0 radical (unpaired) electrons. The van der Waals surface area contributed by atoms with Gasteiger partial charge in [0.25, 0.3) is 5.91 Å². The average molecular weight is 415 g/mol. The van der Waals surface area contributed by atoms with Crippen LogP contribution in [0.1, 0.15) is 10.4 Å². The van der Waals surface area contributed by atoms with Crippen molar-refractivity contribution in [1.82, 2.24) is 4.31 Å². The zero-order chi connectivity index (χ0) is 20.2. The largest absolute Gasteiger partial charge is 0.452 e. The number of carbonyl (C=O) groups excluding carboxylic acids is 2. The highest BCUT2D eigenvalue weighted by Crippen LogP contribution is 2.19. The molecular formula is C17H16ClFN2O5S. The summed E-state index contributed by atoms with van der Waals surface area (Å²) in [5, 5.41) is 2.43. The highest BCUT2D eigenvalue weighted by molar-refractivity contribution is 7.89. The summed E-state index contributed by atoms with van der Waals surface area (Å²) in [6.07, 6.45) is 0. The molecule has 0 fully saturated rings. The van der Waals surface area contributed by atoms with Gasteiger partial charge in [0.15, 0.2) is 6.61 Å². The summed E-state index contributed by atoms with van der Waals surface area (Å²) in [5.41, 5.74) is -0.0307. The molecule has 0 unspecified atom stereocenters. The lowest BCUT2D eigenvalue weighted by Gasteiger charge is -2.11. The van der Waals surface area contributed by atoms with Crippen LogP contribution in [0.2, 0.25) is 5.02 Å². The fraction of sp³-hybridized carbons (Fsp3) is 0.176. The van der Waals surface area contributed by atoms with Gasteiger partial charge in [-0.3, -0.25) is 4.79 Å². The minimum absolute atomic E-state index is 0.0139. The molecule has 0 spiro atoms. The Labute approximate surface area is 160 Å². The van der Waals surface area contributed by atoms with Gasteiger partial charge in [-0.2, -0.15) is 0 Å². The van der Waals surface area contributed by atoms with Gasteiger partial charge in [0, 0.05) is 19.1 Å². The summed E-state index contributed by atoms with van der Waals surface area (Å²) in [7, 11) is -0.838. The number of amides is 1. The van der Waals surface area contributed by atoms with Gasteiger partial charge in [0.05, 0.1) is 16.1 Å². The molecule has 0 heterocycles. The van der Waals surface area contributed by atoms with E-state index in [4.69, 9.17) is 16.3 Å². The Balaban J connectivity index is 1.96. The van der Waals surface area contributed by atoms with Gasteiger partial charge in [-0.1, -0.05) is 11.6 Å². The number of hydrogen-bond donors (Lipinski definition) is 1. The molecule has 2 aromatic rings. The Morgan fingerprint density at radius 1 is 1.15 bits per heavy atom. The number of sulfonamides is 1. The summed E-state index contributed by atoms with van der Waals surface area (Å²) >= 11 is 5.62. The van der Waals surface area contributed by atoms with Crippen LogP contribution in [0.5, 0.6) is 0 Å². The summed E-state index contributed by atoms with van der Waals surface area (Å²) in [4.78, 5) is 23.7. The first kappa shape index (κ1) is 20.8. The van der Waals surface area contributed by atoms with E-state index in [2.05, 4.69) is 5.32 Å². The fourth-order valence-electron chi connectivity index (χ4n) is 1.97. The van der Waals surface area contributed by atoms with Crippen LogP contribution in [-0.2, 0) is 19.6 Å². The first-order valence-electron chi connectivity index (χ1n) is 7.56. The number of benzene rings is 2. The predicted molar refractivity (Wildman–Crippen MR) is 97.6 cm³/mol. The van der Waals surface area contributed by atoms with Crippen LogP contribution in [0, 0.1) is 5.82 Å². The van der Waals surface area contributed by atoms with E-state index >= 15 is 0 Å². The standard InChI is InChI=1S/C17H16ClFN2O5S/c1-21(2)27(24,25)13-6-3-11(4-7-13)17(23)26-10-16(22)20-15-8-5-12(18)9-14(15)19/h3-9H,10H2,1-2H3,(H,20,22). The molecule has 0 saturated carbocycles. The number of anilines is 1. The Bertz CT molecular complexity index is 962. The SMILES string of the molecule is CN(C)S(=O)(=O)c1ccc(C(=O)OCC(=O)Nc2ccc(Cl)cc2F)cc1. The van der Waals surface area contributed by atoms with E-state index in [1.54, 1.807) is 0 Å². The molecule has 1 N–H and O–H groups in total. The number of esters is 1. The predicted octanol–water partition coefficient (Wildman–Crippen LogP) is 2.52. The van der Waals surface area contributed by atoms with E-state index in [1.165, 1.54) is 50.5 Å². The number of carbonyl (C=O) groups is 2. The molecule has 27 heavy (non-hydrogen) atoms. The van der Waals surface area contributed by atoms with Crippen molar-refractivity contribution >= 4 is 39.2 Å². The third-order valence-electron chi connectivity index (χ3n) is 3.41. The molecule has 7 nitrogen and oxygen atoms in total. The molecule has 0 aliphatic rings. The molecule has 0 saturated heterocycles. The van der Waals surface area contributed by atoms with Crippen LogP contribution >= 0.6 is 11.6 Å². The minimum atomic E-state index is -3.61. The molecular weight excluding hydrogens is 399 g/mol. The monoisotopic (exact) mass is 414 g/mol. The summed E-state index contributed by atoms with van der Waals surface area (Å²) in [6, 6.07) is 8.78. The van der Waals surface area contributed by atoms with Gasteiger partial charge < -0.3 is 10.1 Å². The number of ether oxygens (including phenoxy) is 1. The highest BCUT2D eigenvalue weighted by atomic mass is 35.5. The Morgan fingerprint density at radius 3 is 2.33 bits per heavy atom. The Kier molecular flexibility index (Phi) is 6.53. The van der Waals surface area contributed by atoms with E-state index in [9.17, 15) is 22.4 Å². The Morgan fingerprint density at radius 2 is 1.78 bits per heavy atom. The maximum atomic E-state index is 13.6. The number of rotatable bonds is 6. The number of halogens is 2. The van der Waals surface area contributed by atoms with Crippen molar-refractivity contribution in [2.24, 2.45) is 0 Å². The van der Waals surface area contributed by atoms with Gasteiger partial charge in [-0.15, -0.1) is 0 Å². The van der Waals surface area contributed by atoms with Crippen molar-refractivity contribution in [2.75, 3.05) is 26.0 Å². The maximum absolute atomic E-state index is 13.6.